The van der Waals surface area contributed by atoms with Gasteiger partial charge in [0, 0.05) is 0 Å². The highest BCUT2D eigenvalue weighted by molar-refractivity contribution is 5.31. The third kappa shape index (κ3) is 3.92. The zero-order valence-corrected chi connectivity index (χ0v) is 12.4. The molecular formula is C16H24F2O2. The van der Waals surface area contributed by atoms with Crippen LogP contribution < -0.4 is 4.74 Å². The molecule has 0 saturated carbocycles. The van der Waals surface area contributed by atoms with Gasteiger partial charge in [-0.3, -0.25) is 0 Å². The van der Waals surface area contributed by atoms with Crippen LogP contribution in [0, 0.1) is 5.92 Å². The molecule has 0 aromatic heterocycles. The molecule has 1 rings (SSSR count). The number of alkyl halides is 2. The minimum atomic E-state index is -2.55. The van der Waals surface area contributed by atoms with Crippen molar-refractivity contribution in [1.29, 1.82) is 0 Å². The van der Waals surface area contributed by atoms with E-state index < -0.39 is 17.9 Å². The van der Waals surface area contributed by atoms with Crippen LogP contribution in [0.2, 0.25) is 0 Å². The lowest BCUT2D eigenvalue weighted by atomic mass is 9.79. The summed E-state index contributed by atoms with van der Waals surface area (Å²) in [5.41, 5.74) is -0.970. The molecule has 0 aliphatic heterocycles. The van der Waals surface area contributed by atoms with Crippen molar-refractivity contribution in [2.45, 2.75) is 52.1 Å². The summed E-state index contributed by atoms with van der Waals surface area (Å²) in [7, 11) is 0. The Kier molecular flexibility index (Phi) is 6.40. The first kappa shape index (κ1) is 16.9. The van der Waals surface area contributed by atoms with Crippen LogP contribution in [0.25, 0.3) is 0 Å². The zero-order valence-electron chi connectivity index (χ0n) is 12.4. The zero-order chi connectivity index (χ0) is 15.2. The molecule has 2 unspecified atom stereocenters. The molecular weight excluding hydrogens is 262 g/mol. The Morgan fingerprint density at radius 1 is 1.15 bits per heavy atom. The summed E-state index contributed by atoms with van der Waals surface area (Å²) in [5, 5.41) is 10.7. The van der Waals surface area contributed by atoms with Gasteiger partial charge in [-0.1, -0.05) is 39.3 Å². The Morgan fingerprint density at radius 3 is 2.20 bits per heavy atom. The Bertz CT molecular complexity index is 392. The molecule has 1 N–H and O–H groups in total. The second-order valence-electron chi connectivity index (χ2n) is 5.17. The maximum Gasteiger partial charge on any atom is 0.244 e. The van der Waals surface area contributed by atoms with Crippen molar-refractivity contribution >= 4 is 0 Å². The Labute approximate surface area is 119 Å². The lowest BCUT2D eigenvalue weighted by Gasteiger charge is -2.34. The van der Waals surface area contributed by atoms with Crippen LogP contribution in [0.15, 0.2) is 24.3 Å². The topological polar surface area (TPSA) is 29.5 Å². The first-order chi connectivity index (χ1) is 9.45. The number of rotatable bonds is 8. The van der Waals surface area contributed by atoms with E-state index in [-0.39, 0.29) is 0 Å². The Balaban J connectivity index is 2.97. The third-order valence-electron chi connectivity index (χ3n) is 3.59. The van der Waals surface area contributed by atoms with E-state index in [0.29, 0.717) is 30.8 Å². The van der Waals surface area contributed by atoms with Gasteiger partial charge < -0.3 is 9.84 Å². The van der Waals surface area contributed by atoms with Crippen molar-refractivity contribution in [2.75, 3.05) is 6.61 Å². The lowest BCUT2D eigenvalue weighted by molar-refractivity contribution is -0.0879. The minimum Gasteiger partial charge on any atom is -0.494 e. The van der Waals surface area contributed by atoms with Crippen LogP contribution in [0.4, 0.5) is 8.78 Å². The highest BCUT2D eigenvalue weighted by Gasteiger charge is 2.39. The molecule has 0 fully saturated rings. The van der Waals surface area contributed by atoms with E-state index in [1.54, 1.807) is 24.3 Å². The first-order valence-corrected chi connectivity index (χ1v) is 7.19. The van der Waals surface area contributed by atoms with E-state index in [1.807, 2.05) is 13.8 Å². The summed E-state index contributed by atoms with van der Waals surface area (Å²) >= 11 is 0. The number of ether oxygens (including phenoxy) is 1. The van der Waals surface area contributed by atoms with Crippen molar-refractivity contribution in [3.8, 4) is 5.75 Å². The number of hydrogen-bond acceptors (Lipinski definition) is 2. The van der Waals surface area contributed by atoms with Crippen LogP contribution in [-0.2, 0) is 5.60 Å². The number of hydrogen-bond donors (Lipinski definition) is 1. The molecule has 0 spiro atoms. The summed E-state index contributed by atoms with van der Waals surface area (Å²) in [4.78, 5) is 0. The fourth-order valence-electron chi connectivity index (χ4n) is 2.28. The molecule has 0 aliphatic rings. The van der Waals surface area contributed by atoms with Gasteiger partial charge in [-0.15, -0.1) is 0 Å². The summed E-state index contributed by atoms with van der Waals surface area (Å²) in [5.74, 6) is -0.413. The van der Waals surface area contributed by atoms with E-state index in [0.717, 1.165) is 6.42 Å². The average Bonchev–Trinajstić information content (AvgIpc) is 2.44. The molecule has 0 aliphatic carbocycles. The number of halogens is 2. The van der Waals surface area contributed by atoms with Crippen LogP contribution in [0.5, 0.6) is 5.75 Å². The van der Waals surface area contributed by atoms with E-state index in [4.69, 9.17) is 4.74 Å². The fraction of sp³-hybridized carbons (Fsp3) is 0.625. The van der Waals surface area contributed by atoms with Crippen molar-refractivity contribution in [3.63, 3.8) is 0 Å². The Morgan fingerprint density at radius 2 is 1.75 bits per heavy atom. The van der Waals surface area contributed by atoms with Crippen LogP contribution in [0.3, 0.4) is 0 Å². The molecule has 1 aromatic rings. The van der Waals surface area contributed by atoms with E-state index in [9.17, 15) is 13.9 Å². The second-order valence-corrected chi connectivity index (χ2v) is 5.17. The summed E-state index contributed by atoms with van der Waals surface area (Å²) < 4.78 is 31.4. The minimum absolute atomic E-state index is 0.313. The van der Waals surface area contributed by atoms with Gasteiger partial charge in [-0.05, 0) is 30.5 Å². The van der Waals surface area contributed by atoms with Crippen LogP contribution >= 0.6 is 0 Å². The van der Waals surface area contributed by atoms with Crippen LogP contribution in [-0.4, -0.2) is 18.1 Å². The van der Waals surface area contributed by atoms with Crippen LogP contribution in [0.1, 0.15) is 45.6 Å². The van der Waals surface area contributed by atoms with E-state index in [2.05, 4.69) is 0 Å². The molecule has 1 aromatic carbocycles. The summed E-state index contributed by atoms with van der Waals surface area (Å²) in [6.45, 7) is 5.90. The molecule has 0 radical (unpaired) electrons. The molecule has 0 bridgehead atoms. The van der Waals surface area contributed by atoms with Gasteiger partial charge in [0.2, 0.25) is 6.43 Å². The summed E-state index contributed by atoms with van der Waals surface area (Å²) in [6, 6.07) is 6.81. The van der Waals surface area contributed by atoms with Crippen molar-refractivity contribution in [1.82, 2.24) is 0 Å². The van der Waals surface area contributed by atoms with Crippen molar-refractivity contribution in [3.05, 3.63) is 29.8 Å². The molecule has 2 nitrogen and oxygen atoms in total. The molecule has 20 heavy (non-hydrogen) atoms. The van der Waals surface area contributed by atoms with Gasteiger partial charge in [0.15, 0.2) is 0 Å². The van der Waals surface area contributed by atoms with E-state index in [1.165, 1.54) is 6.92 Å². The fourth-order valence-corrected chi connectivity index (χ4v) is 2.28. The molecule has 4 heteroatoms. The number of aliphatic hydroxyl groups is 1. The lowest BCUT2D eigenvalue weighted by Crippen LogP contribution is -2.37. The predicted octanol–water partition coefficient (Wildman–Crippen LogP) is 4.36. The quantitative estimate of drug-likeness (QED) is 0.769. The second kappa shape index (κ2) is 7.58. The maximum absolute atomic E-state index is 13.0. The Hall–Kier alpha value is -1.16. The highest BCUT2D eigenvalue weighted by Crippen LogP contribution is 2.38. The third-order valence-corrected chi connectivity index (χ3v) is 3.59. The molecule has 0 saturated heterocycles. The van der Waals surface area contributed by atoms with Gasteiger partial charge in [-0.2, -0.15) is 0 Å². The first-order valence-electron chi connectivity index (χ1n) is 7.19. The molecule has 0 heterocycles. The van der Waals surface area contributed by atoms with Crippen molar-refractivity contribution in [2.24, 2.45) is 5.92 Å². The molecule has 114 valence electrons. The normalized spacial score (nSPS) is 15.9. The summed E-state index contributed by atoms with van der Waals surface area (Å²) in [6.07, 6.45) is -0.693. The molecule has 2 atom stereocenters. The largest absolute Gasteiger partial charge is 0.494 e. The molecule has 0 amide bonds. The van der Waals surface area contributed by atoms with Crippen molar-refractivity contribution < 1.29 is 18.6 Å². The predicted molar refractivity (Wildman–Crippen MR) is 76.2 cm³/mol. The van der Waals surface area contributed by atoms with Gasteiger partial charge in [0.1, 0.15) is 5.75 Å². The van der Waals surface area contributed by atoms with Gasteiger partial charge in [-0.25, -0.2) is 8.78 Å². The van der Waals surface area contributed by atoms with Gasteiger partial charge in [0.25, 0.3) is 0 Å². The standard InChI is InChI=1S/C16H24F2O2/c1-4-10-16(19,12(3)15(17)18)13-6-8-14(9-7-13)20-11-5-2/h6-9,12,15,19H,4-5,10-11H2,1-3H3. The average molecular weight is 286 g/mol. The SMILES string of the molecule is CCCOc1ccc(C(O)(CCC)C(C)C(F)F)cc1. The number of benzene rings is 1. The van der Waals surface area contributed by atoms with Gasteiger partial charge in [0.05, 0.1) is 18.1 Å². The smallest absolute Gasteiger partial charge is 0.244 e. The monoisotopic (exact) mass is 286 g/mol. The van der Waals surface area contributed by atoms with Gasteiger partial charge >= 0.3 is 0 Å². The highest BCUT2D eigenvalue weighted by atomic mass is 19.3. The maximum atomic E-state index is 13.0. The van der Waals surface area contributed by atoms with E-state index >= 15 is 0 Å².